The van der Waals surface area contributed by atoms with E-state index in [-0.39, 0.29) is 4.90 Å². The molecule has 0 aliphatic heterocycles. The summed E-state index contributed by atoms with van der Waals surface area (Å²) in [6, 6.07) is 9.93. The van der Waals surface area contributed by atoms with E-state index in [1.165, 1.54) is 6.20 Å². The Hall–Kier alpha value is -0.670. The molecule has 0 spiro atoms. The smallest absolute Gasteiger partial charge is 0.261 e. The van der Waals surface area contributed by atoms with E-state index in [0.29, 0.717) is 10.3 Å². The number of sulfonamides is 1. The van der Waals surface area contributed by atoms with Gasteiger partial charge in [-0.2, -0.15) is 0 Å². The third-order valence-corrected chi connectivity index (χ3v) is 4.69. The van der Waals surface area contributed by atoms with Gasteiger partial charge in [-0.05, 0) is 74.9 Å². The van der Waals surface area contributed by atoms with Crippen molar-refractivity contribution in [3.63, 3.8) is 0 Å². The second-order valence-electron chi connectivity index (χ2n) is 3.43. The second-order valence-corrected chi connectivity index (χ2v) is 7.17. The molecule has 1 heterocycles. The first-order chi connectivity index (χ1) is 8.47. The van der Waals surface area contributed by atoms with Crippen LogP contribution in [0.25, 0.3) is 0 Å². The highest BCUT2D eigenvalue weighted by molar-refractivity contribution is 14.1. The Balaban J connectivity index is 2.27. The number of pyridine rings is 1. The van der Waals surface area contributed by atoms with Gasteiger partial charge in [0, 0.05) is 3.57 Å². The molecule has 1 aromatic heterocycles. The molecular weight excluding hydrogens is 431 g/mol. The molecule has 1 aromatic carbocycles. The molecule has 7 heteroatoms. The van der Waals surface area contributed by atoms with Gasteiger partial charge in [0.1, 0.15) is 4.60 Å². The van der Waals surface area contributed by atoms with Gasteiger partial charge in [0.15, 0.2) is 0 Å². The number of halogens is 2. The summed E-state index contributed by atoms with van der Waals surface area (Å²) in [5, 5.41) is 0. The van der Waals surface area contributed by atoms with Crippen molar-refractivity contribution in [2.24, 2.45) is 0 Å². The van der Waals surface area contributed by atoms with E-state index in [0.717, 1.165) is 3.57 Å². The van der Waals surface area contributed by atoms with E-state index in [1.807, 2.05) is 0 Å². The van der Waals surface area contributed by atoms with Crippen molar-refractivity contribution in [2.75, 3.05) is 4.72 Å². The number of nitrogens with one attached hydrogen (secondary N) is 1. The molecular formula is C11H8BrIN2O2S. The third-order valence-electron chi connectivity index (χ3n) is 2.10. The number of aromatic nitrogens is 1. The van der Waals surface area contributed by atoms with Crippen LogP contribution in [0, 0.1) is 3.57 Å². The maximum Gasteiger partial charge on any atom is 0.261 e. The van der Waals surface area contributed by atoms with Gasteiger partial charge in [0.2, 0.25) is 0 Å². The van der Waals surface area contributed by atoms with Crippen molar-refractivity contribution in [1.29, 1.82) is 0 Å². The lowest BCUT2D eigenvalue weighted by Crippen LogP contribution is -2.12. The van der Waals surface area contributed by atoms with Gasteiger partial charge in [-0.15, -0.1) is 0 Å². The largest absolute Gasteiger partial charge is 0.278 e. The summed E-state index contributed by atoms with van der Waals surface area (Å²) >= 11 is 5.31. The van der Waals surface area contributed by atoms with E-state index < -0.39 is 10.0 Å². The minimum absolute atomic E-state index is 0.228. The zero-order chi connectivity index (χ0) is 13.2. The van der Waals surface area contributed by atoms with Crippen molar-refractivity contribution < 1.29 is 8.42 Å². The summed E-state index contributed by atoms with van der Waals surface area (Å²) in [6.07, 6.45) is 1.45. The van der Waals surface area contributed by atoms with Crippen LogP contribution in [0.2, 0.25) is 0 Å². The average Bonchev–Trinajstić information content (AvgIpc) is 2.32. The van der Waals surface area contributed by atoms with Gasteiger partial charge in [0.25, 0.3) is 10.0 Å². The molecule has 0 bridgehead atoms. The zero-order valence-electron chi connectivity index (χ0n) is 8.97. The summed E-state index contributed by atoms with van der Waals surface area (Å²) in [5.74, 6) is 0. The Morgan fingerprint density at radius 1 is 1.11 bits per heavy atom. The summed E-state index contributed by atoms with van der Waals surface area (Å²) in [5.41, 5.74) is 0.428. The first-order valence-electron chi connectivity index (χ1n) is 4.87. The second kappa shape index (κ2) is 5.54. The molecule has 0 amide bonds. The summed E-state index contributed by atoms with van der Waals surface area (Å²) in [7, 11) is -3.55. The van der Waals surface area contributed by atoms with Crippen LogP contribution >= 0.6 is 38.5 Å². The van der Waals surface area contributed by atoms with Gasteiger partial charge in [-0.25, -0.2) is 13.4 Å². The molecule has 1 N–H and O–H groups in total. The predicted molar refractivity (Wildman–Crippen MR) is 81.9 cm³/mol. The number of rotatable bonds is 3. The van der Waals surface area contributed by atoms with Crippen LogP contribution in [0.15, 0.2) is 52.1 Å². The molecule has 0 radical (unpaired) electrons. The fraction of sp³-hybridized carbons (Fsp3) is 0. The first-order valence-corrected chi connectivity index (χ1v) is 8.23. The minimum Gasteiger partial charge on any atom is -0.278 e. The Morgan fingerprint density at radius 2 is 1.78 bits per heavy atom. The Morgan fingerprint density at radius 3 is 2.33 bits per heavy atom. The molecule has 0 aliphatic carbocycles. The van der Waals surface area contributed by atoms with Gasteiger partial charge in [-0.3, -0.25) is 4.72 Å². The molecule has 0 aliphatic rings. The number of nitrogens with zero attached hydrogens (tertiary/aromatic N) is 1. The lowest BCUT2D eigenvalue weighted by atomic mass is 10.4. The molecule has 2 rings (SSSR count). The number of hydrogen-bond acceptors (Lipinski definition) is 3. The van der Waals surface area contributed by atoms with Crippen LogP contribution in [0.3, 0.4) is 0 Å². The molecule has 0 fully saturated rings. The van der Waals surface area contributed by atoms with Crippen molar-refractivity contribution >= 4 is 54.2 Å². The Kier molecular flexibility index (Phi) is 4.23. The fourth-order valence-electron chi connectivity index (χ4n) is 1.26. The van der Waals surface area contributed by atoms with E-state index in [2.05, 4.69) is 48.2 Å². The maximum atomic E-state index is 12.0. The van der Waals surface area contributed by atoms with Crippen LogP contribution < -0.4 is 4.72 Å². The van der Waals surface area contributed by atoms with Crippen molar-refractivity contribution in [3.05, 3.63) is 50.8 Å². The monoisotopic (exact) mass is 438 g/mol. The van der Waals surface area contributed by atoms with Crippen molar-refractivity contribution in [3.8, 4) is 0 Å². The molecule has 94 valence electrons. The highest BCUT2D eigenvalue weighted by Crippen LogP contribution is 2.17. The average molecular weight is 439 g/mol. The van der Waals surface area contributed by atoms with Crippen molar-refractivity contribution in [1.82, 2.24) is 4.98 Å². The summed E-state index contributed by atoms with van der Waals surface area (Å²) < 4.78 is 28.2. The SMILES string of the molecule is O=S(=O)(Nc1ccc(Br)nc1)c1ccc(I)cc1. The molecule has 4 nitrogen and oxygen atoms in total. The summed E-state index contributed by atoms with van der Waals surface area (Å²) in [6.45, 7) is 0. The van der Waals surface area contributed by atoms with Crippen molar-refractivity contribution in [2.45, 2.75) is 4.90 Å². The lowest BCUT2D eigenvalue weighted by molar-refractivity contribution is 0.601. The van der Waals surface area contributed by atoms with E-state index in [4.69, 9.17) is 0 Å². The number of benzene rings is 1. The maximum absolute atomic E-state index is 12.0. The zero-order valence-corrected chi connectivity index (χ0v) is 13.5. The first kappa shape index (κ1) is 13.8. The normalized spacial score (nSPS) is 11.2. The van der Waals surface area contributed by atoms with E-state index in [1.54, 1.807) is 36.4 Å². The Bertz CT molecular complexity index is 642. The highest BCUT2D eigenvalue weighted by Gasteiger charge is 2.13. The van der Waals surface area contributed by atoms with Gasteiger partial charge in [0.05, 0.1) is 16.8 Å². The van der Waals surface area contributed by atoms with Crippen LogP contribution in [0.5, 0.6) is 0 Å². The van der Waals surface area contributed by atoms with Gasteiger partial charge < -0.3 is 0 Å². The van der Waals surface area contributed by atoms with Gasteiger partial charge in [-0.1, -0.05) is 0 Å². The minimum atomic E-state index is -3.55. The highest BCUT2D eigenvalue weighted by atomic mass is 127. The molecule has 0 saturated carbocycles. The fourth-order valence-corrected chi connectivity index (χ4v) is 2.90. The van der Waals surface area contributed by atoms with E-state index >= 15 is 0 Å². The third kappa shape index (κ3) is 3.42. The Labute approximate surface area is 127 Å². The van der Waals surface area contributed by atoms with Crippen LogP contribution in [0.4, 0.5) is 5.69 Å². The predicted octanol–water partition coefficient (Wildman–Crippen LogP) is 3.25. The lowest BCUT2D eigenvalue weighted by Gasteiger charge is -2.07. The van der Waals surface area contributed by atoms with Gasteiger partial charge >= 0.3 is 0 Å². The van der Waals surface area contributed by atoms with E-state index in [9.17, 15) is 8.42 Å². The molecule has 0 saturated heterocycles. The molecule has 2 aromatic rings. The standard InChI is InChI=1S/C11H8BrIN2O2S/c12-11-6-3-9(7-14-11)15-18(16,17)10-4-1-8(13)2-5-10/h1-7,15H. The van der Waals surface area contributed by atoms with Crippen LogP contribution in [-0.4, -0.2) is 13.4 Å². The topological polar surface area (TPSA) is 59.1 Å². The molecule has 0 atom stereocenters. The summed E-state index contributed by atoms with van der Waals surface area (Å²) in [4.78, 5) is 4.19. The van der Waals surface area contributed by atoms with Crippen LogP contribution in [-0.2, 0) is 10.0 Å². The molecule has 18 heavy (non-hydrogen) atoms. The quantitative estimate of drug-likeness (QED) is 0.591. The molecule has 0 unspecified atom stereocenters. The van der Waals surface area contributed by atoms with Crippen LogP contribution in [0.1, 0.15) is 0 Å². The number of hydrogen-bond donors (Lipinski definition) is 1. The number of anilines is 1.